The van der Waals surface area contributed by atoms with Crippen LogP contribution in [-0.4, -0.2) is 11.9 Å². The van der Waals surface area contributed by atoms with Crippen LogP contribution in [-0.2, 0) is 9.78 Å². The summed E-state index contributed by atoms with van der Waals surface area (Å²) in [5.74, 6) is -1.41. The van der Waals surface area contributed by atoms with Gasteiger partial charge in [-0.05, 0) is 38.1 Å². The summed E-state index contributed by atoms with van der Waals surface area (Å²) < 4.78 is 0. The van der Waals surface area contributed by atoms with Gasteiger partial charge in [-0.1, -0.05) is 35.4 Å². The van der Waals surface area contributed by atoms with Crippen LogP contribution in [0, 0.1) is 13.8 Å². The molecule has 0 aliphatic heterocycles. The number of hydrogen-bond donors (Lipinski definition) is 0. The maximum atomic E-state index is 11.6. The molecule has 0 spiro atoms. The highest BCUT2D eigenvalue weighted by atomic mass is 17.2. The summed E-state index contributed by atoms with van der Waals surface area (Å²) in [6, 6.07) is 13.5. The van der Waals surface area contributed by atoms with Crippen LogP contribution in [0.15, 0.2) is 48.5 Å². The first-order valence-corrected chi connectivity index (χ1v) is 6.13. The molecule has 0 amide bonds. The second kappa shape index (κ2) is 6.02. The van der Waals surface area contributed by atoms with Crippen molar-refractivity contribution in [2.75, 3.05) is 0 Å². The number of rotatable bonds is 2. The highest BCUT2D eigenvalue weighted by Gasteiger charge is 2.13. The Hall–Kier alpha value is -2.62. The van der Waals surface area contributed by atoms with E-state index in [0.29, 0.717) is 11.1 Å². The predicted molar refractivity (Wildman–Crippen MR) is 73.2 cm³/mol. The van der Waals surface area contributed by atoms with Crippen LogP contribution in [0.25, 0.3) is 0 Å². The van der Waals surface area contributed by atoms with Gasteiger partial charge in [-0.15, -0.1) is 0 Å². The van der Waals surface area contributed by atoms with Crippen LogP contribution in [0.1, 0.15) is 31.8 Å². The molecule has 0 heterocycles. The largest absolute Gasteiger partial charge is 0.386 e. The summed E-state index contributed by atoms with van der Waals surface area (Å²) in [6.07, 6.45) is 0. The van der Waals surface area contributed by atoms with Gasteiger partial charge in [0.15, 0.2) is 0 Å². The first-order chi connectivity index (χ1) is 9.56. The minimum atomic E-state index is -0.703. The Kier molecular flexibility index (Phi) is 4.15. The second-order valence-corrected chi connectivity index (χ2v) is 4.47. The minimum Gasteiger partial charge on any atom is -0.242 e. The maximum Gasteiger partial charge on any atom is 0.386 e. The molecule has 2 aromatic carbocycles. The summed E-state index contributed by atoms with van der Waals surface area (Å²) in [5, 5.41) is 0. The van der Waals surface area contributed by atoms with Gasteiger partial charge in [0, 0.05) is 0 Å². The third-order valence-electron chi connectivity index (χ3n) is 2.77. The van der Waals surface area contributed by atoms with Crippen molar-refractivity contribution in [2.24, 2.45) is 0 Å². The molecular formula is C16H14O4. The van der Waals surface area contributed by atoms with Crippen molar-refractivity contribution in [2.45, 2.75) is 13.8 Å². The topological polar surface area (TPSA) is 52.6 Å². The molecular weight excluding hydrogens is 256 g/mol. The maximum absolute atomic E-state index is 11.6. The fourth-order valence-corrected chi connectivity index (χ4v) is 1.55. The molecule has 4 nitrogen and oxygen atoms in total. The molecule has 0 saturated heterocycles. The molecule has 0 saturated carbocycles. The van der Waals surface area contributed by atoms with Crippen LogP contribution in [0.2, 0.25) is 0 Å². The van der Waals surface area contributed by atoms with E-state index in [4.69, 9.17) is 0 Å². The lowest BCUT2D eigenvalue weighted by molar-refractivity contribution is -0.187. The first-order valence-electron chi connectivity index (χ1n) is 6.13. The van der Waals surface area contributed by atoms with E-state index in [1.165, 1.54) is 0 Å². The van der Waals surface area contributed by atoms with E-state index in [1.807, 2.05) is 13.8 Å². The smallest absolute Gasteiger partial charge is 0.242 e. The highest BCUT2D eigenvalue weighted by Crippen LogP contribution is 2.08. The number of carbonyl (C=O) groups is 2. The van der Waals surface area contributed by atoms with Gasteiger partial charge < -0.3 is 0 Å². The average Bonchev–Trinajstić information content (AvgIpc) is 2.46. The number of carbonyl (C=O) groups excluding carboxylic acids is 2. The quantitative estimate of drug-likeness (QED) is 0.621. The van der Waals surface area contributed by atoms with Crippen molar-refractivity contribution >= 4 is 11.9 Å². The Labute approximate surface area is 116 Å². The Morgan fingerprint density at radius 1 is 0.650 bits per heavy atom. The molecule has 0 aliphatic carbocycles. The van der Waals surface area contributed by atoms with Gasteiger partial charge in [0.25, 0.3) is 0 Å². The van der Waals surface area contributed by atoms with Crippen LogP contribution in [0.4, 0.5) is 0 Å². The molecule has 20 heavy (non-hydrogen) atoms. The van der Waals surface area contributed by atoms with E-state index in [2.05, 4.69) is 9.78 Å². The lowest BCUT2D eigenvalue weighted by Gasteiger charge is -2.04. The molecule has 0 bridgehead atoms. The highest BCUT2D eigenvalue weighted by molar-refractivity contribution is 5.92. The van der Waals surface area contributed by atoms with Crippen LogP contribution in [0.3, 0.4) is 0 Å². The van der Waals surface area contributed by atoms with Gasteiger partial charge in [0.05, 0.1) is 11.1 Å². The molecule has 0 atom stereocenters. The van der Waals surface area contributed by atoms with E-state index in [9.17, 15) is 9.59 Å². The van der Waals surface area contributed by atoms with Gasteiger partial charge in [0.1, 0.15) is 0 Å². The number of aryl methyl sites for hydroxylation is 2. The van der Waals surface area contributed by atoms with Gasteiger partial charge in [0.2, 0.25) is 0 Å². The molecule has 4 heteroatoms. The Morgan fingerprint density at radius 3 is 1.25 bits per heavy atom. The van der Waals surface area contributed by atoms with Crippen molar-refractivity contribution in [3.8, 4) is 0 Å². The van der Waals surface area contributed by atoms with Crippen molar-refractivity contribution < 1.29 is 19.4 Å². The molecule has 0 fully saturated rings. The Morgan fingerprint density at radius 2 is 0.950 bits per heavy atom. The van der Waals surface area contributed by atoms with Crippen LogP contribution >= 0.6 is 0 Å². The molecule has 0 unspecified atom stereocenters. The lowest BCUT2D eigenvalue weighted by Crippen LogP contribution is -2.11. The summed E-state index contributed by atoms with van der Waals surface area (Å²) in [7, 11) is 0. The first kappa shape index (κ1) is 13.8. The monoisotopic (exact) mass is 270 g/mol. The fourth-order valence-electron chi connectivity index (χ4n) is 1.55. The van der Waals surface area contributed by atoms with Crippen molar-refractivity contribution in [1.29, 1.82) is 0 Å². The average molecular weight is 270 g/mol. The zero-order chi connectivity index (χ0) is 14.5. The molecule has 0 aliphatic rings. The van der Waals surface area contributed by atoms with Crippen molar-refractivity contribution in [1.82, 2.24) is 0 Å². The van der Waals surface area contributed by atoms with Gasteiger partial charge in [-0.25, -0.2) is 19.4 Å². The Balaban J connectivity index is 1.94. The third kappa shape index (κ3) is 3.45. The van der Waals surface area contributed by atoms with Crippen LogP contribution in [0.5, 0.6) is 0 Å². The van der Waals surface area contributed by atoms with E-state index < -0.39 is 11.9 Å². The van der Waals surface area contributed by atoms with E-state index in [-0.39, 0.29) is 0 Å². The summed E-state index contributed by atoms with van der Waals surface area (Å²) in [4.78, 5) is 32.3. The van der Waals surface area contributed by atoms with E-state index in [0.717, 1.165) is 11.1 Å². The number of hydrogen-bond acceptors (Lipinski definition) is 4. The molecule has 0 radical (unpaired) electrons. The van der Waals surface area contributed by atoms with Gasteiger partial charge in [-0.2, -0.15) is 0 Å². The SMILES string of the molecule is Cc1ccc(C(=O)OOC(=O)c2ccc(C)cc2)cc1. The fraction of sp³-hybridized carbons (Fsp3) is 0.125. The zero-order valence-electron chi connectivity index (χ0n) is 11.3. The number of benzene rings is 2. The summed E-state index contributed by atoms with van der Waals surface area (Å²) >= 11 is 0. The third-order valence-corrected chi connectivity index (χ3v) is 2.77. The van der Waals surface area contributed by atoms with E-state index >= 15 is 0 Å². The van der Waals surface area contributed by atoms with Gasteiger partial charge in [-0.3, -0.25) is 0 Å². The van der Waals surface area contributed by atoms with Crippen molar-refractivity contribution in [3.05, 3.63) is 70.8 Å². The standard InChI is InChI=1S/C16H14O4/c1-11-3-7-13(8-4-11)15(17)19-20-16(18)14-9-5-12(2)6-10-14/h3-10H,1-2H3. The molecule has 2 aromatic rings. The van der Waals surface area contributed by atoms with Gasteiger partial charge >= 0.3 is 11.9 Å². The second-order valence-electron chi connectivity index (χ2n) is 4.47. The molecule has 0 aromatic heterocycles. The minimum absolute atomic E-state index is 0.326. The molecule has 0 N–H and O–H groups in total. The predicted octanol–water partition coefficient (Wildman–Crippen LogP) is 3.23. The summed E-state index contributed by atoms with van der Waals surface area (Å²) in [6.45, 7) is 3.82. The molecule has 102 valence electrons. The normalized spacial score (nSPS) is 9.90. The van der Waals surface area contributed by atoms with Crippen LogP contribution < -0.4 is 0 Å². The van der Waals surface area contributed by atoms with E-state index in [1.54, 1.807) is 48.5 Å². The lowest BCUT2D eigenvalue weighted by atomic mass is 10.1. The molecule has 2 rings (SSSR count). The van der Waals surface area contributed by atoms with Crippen molar-refractivity contribution in [3.63, 3.8) is 0 Å². The summed E-state index contributed by atoms with van der Waals surface area (Å²) in [5.41, 5.74) is 2.70. The zero-order valence-corrected chi connectivity index (χ0v) is 11.3. The Bertz CT molecular complexity index is 554.